The Balaban J connectivity index is 1.54. The molecule has 0 aliphatic rings. The normalized spacial score (nSPS) is 11.0. The summed E-state index contributed by atoms with van der Waals surface area (Å²) in [6.07, 6.45) is 5.21. The van der Waals surface area contributed by atoms with Crippen LogP contribution in [0.5, 0.6) is 5.75 Å². The van der Waals surface area contributed by atoms with Crippen LogP contribution in [-0.4, -0.2) is 31.8 Å². The molecule has 0 spiro atoms. The number of ether oxygens (including phenoxy) is 1. The minimum atomic E-state index is -0.275. The smallest absolute Gasteiger partial charge is 0.180 e. The number of halogens is 1. The molecule has 0 fully saturated rings. The van der Waals surface area contributed by atoms with Crippen LogP contribution in [-0.2, 0) is 6.54 Å². The molecule has 5 rings (SSSR count). The second-order valence-corrected chi connectivity index (χ2v) is 7.00. The molecule has 31 heavy (non-hydrogen) atoms. The van der Waals surface area contributed by atoms with E-state index in [2.05, 4.69) is 20.1 Å². The molecule has 2 aromatic carbocycles. The van der Waals surface area contributed by atoms with Crippen molar-refractivity contribution < 1.29 is 9.13 Å². The van der Waals surface area contributed by atoms with Crippen LogP contribution in [0.25, 0.3) is 33.7 Å². The number of pyridine rings is 1. The molecule has 3 aromatic heterocycles. The summed E-state index contributed by atoms with van der Waals surface area (Å²) in [5.41, 5.74) is 3.63. The molecule has 0 amide bonds. The summed E-state index contributed by atoms with van der Waals surface area (Å²) >= 11 is 0. The average Bonchev–Trinajstić information content (AvgIpc) is 3.19. The molecule has 7 heteroatoms. The summed E-state index contributed by atoms with van der Waals surface area (Å²) in [5.74, 6) is 0.977. The summed E-state index contributed by atoms with van der Waals surface area (Å²) in [6.45, 7) is 0.266. The van der Waals surface area contributed by atoms with E-state index in [1.807, 2.05) is 36.4 Å². The first-order valence-electron chi connectivity index (χ1n) is 9.75. The van der Waals surface area contributed by atoms with E-state index >= 15 is 0 Å². The Morgan fingerprint density at radius 1 is 0.903 bits per heavy atom. The second-order valence-electron chi connectivity index (χ2n) is 7.00. The topological polar surface area (TPSA) is 65.7 Å². The summed E-state index contributed by atoms with van der Waals surface area (Å²) in [6, 6.07) is 18.1. The molecule has 0 atom stereocenters. The van der Waals surface area contributed by atoms with Crippen molar-refractivity contribution in [3.63, 3.8) is 0 Å². The number of nitrogens with zero attached hydrogens (tertiary/aromatic N) is 5. The molecule has 0 N–H and O–H groups in total. The van der Waals surface area contributed by atoms with Crippen LogP contribution >= 0.6 is 0 Å². The number of rotatable bonds is 5. The lowest BCUT2D eigenvalue weighted by Gasteiger charge is -2.05. The van der Waals surface area contributed by atoms with Crippen LogP contribution in [0.3, 0.4) is 0 Å². The molecule has 0 bridgehead atoms. The van der Waals surface area contributed by atoms with Crippen molar-refractivity contribution >= 4 is 11.0 Å². The van der Waals surface area contributed by atoms with Gasteiger partial charge in [-0.15, -0.1) is 0 Å². The van der Waals surface area contributed by atoms with E-state index in [1.54, 1.807) is 48.6 Å². The molecular formula is C24H18FN5O. The second kappa shape index (κ2) is 7.95. The largest absolute Gasteiger partial charge is 0.497 e. The molecule has 6 nitrogen and oxygen atoms in total. The molecular weight excluding hydrogens is 393 g/mol. The number of benzene rings is 2. The number of aromatic nitrogens is 5. The van der Waals surface area contributed by atoms with Crippen molar-refractivity contribution in [2.24, 2.45) is 0 Å². The highest BCUT2D eigenvalue weighted by atomic mass is 19.1. The zero-order chi connectivity index (χ0) is 21.2. The van der Waals surface area contributed by atoms with Crippen LogP contribution in [0.1, 0.15) is 5.56 Å². The number of fused-ring (bicyclic) bond motifs is 1. The van der Waals surface area contributed by atoms with Crippen molar-refractivity contribution in [1.82, 2.24) is 24.7 Å². The summed E-state index contributed by atoms with van der Waals surface area (Å²) < 4.78 is 21.1. The van der Waals surface area contributed by atoms with Gasteiger partial charge in [-0.1, -0.05) is 30.3 Å². The lowest BCUT2D eigenvalue weighted by atomic mass is 10.1. The number of hydrogen-bond donors (Lipinski definition) is 0. The van der Waals surface area contributed by atoms with E-state index in [9.17, 15) is 4.39 Å². The maximum absolute atomic E-state index is 14.2. The SMILES string of the molecule is COc1cccc(-c2cnc(-c3nn(Cc4ccccc4F)c4ncccc34)nc2)c1. The zero-order valence-electron chi connectivity index (χ0n) is 16.7. The van der Waals surface area contributed by atoms with Crippen molar-refractivity contribution in [3.8, 4) is 28.4 Å². The van der Waals surface area contributed by atoms with Crippen molar-refractivity contribution in [1.29, 1.82) is 0 Å². The van der Waals surface area contributed by atoms with Gasteiger partial charge in [0.15, 0.2) is 11.5 Å². The van der Waals surface area contributed by atoms with Gasteiger partial charge < -0.3 is 4.74 Å². The highest BCUT2D eigenvalue weighted by molar-refractivity contribution is 5.89. The Hall–Kier alpha value is -4.13. The van der Waals surface area contributed by atoms with Crippen LogP contribution in [0.4, 0.5) is 4.39 Å². The van der Waals surface area contributed by atoms with E-state index < -0.39 is 0 Å². The highest BCUT2D eigenvalue weighted by Gasteiger charge is 2.16. The van der Waals surface area contributed by atoms with E-state index in [4.69, 9.17) is 4.74 Å². The van der Waals surface area contributed by atoms with Crippen molar-refractivity contribution in [2.45, 2.75) is 6.54 Å². The van der Waals surface area contributed by atoms with Crippen LogP contribution < -0.4 is 4.74 Å². The van der Waals surface area contributed by atoms with E-state index in [-0.39, 0.29) is 12.4 Å². The minimum Gasteiger partial charge on any atom is -0.497 e. The summed E-state index contributed by atoms with van der Waals surface area (Å²) in [7, 11) is 1.63. The van der Waals surface area contributed by atoms with Gasteiger partial charge in [0.05, 0.1) is 19.0 Å². The van der Waals surface area contributed by atoms with Crippen LogP contribution in [0.2, 0.25) is 0 Å². The first-order valence-corrected chi connectivity index (χ1v) is 9.75. The Morgan fingerprint density at radius 3 is 2.55 bits per heavy atom. The van der Waals surface area contributed by atoms with Crippen LogP contribution in [0.15, 0.2) is 79.3 Å². The third-order valence-electron chi connectivity index (χ3n) is 5.05. The standard InChI is InChI=1S/C24H18FN5O/c1-31-19-8-4-7-16(12-19)18-13-27-23(28-14-18)22-20-9-5-11-26-24(20)30(29-22)15-17-6-2-3-10-21(17)25/h2-14H,15H2,1H3. The monoisotopic (exact) mass is 411 g/mol. The number of hydrogen-bond acceptors (Lipinski definition) is 5. The minimum absolute atomic E-state index is 0.266. The van der Waals surface area contributed by atoms with E-state index in [1.165, 1.54) is 6.07 Å². The fourth-order valence-corrected chi connectivity index (χ4v) is 3.47. The van der Waals surface area contributed by atoms with Gasteiger partial charge in [0, 0.05) is 29.7 Å². The molecule has 0 aliphatic heterocycles. The first kappa shape index (κ1) is 18.9. The average molecular weight is 411 g/mol. The molecule has 0 aliphatic carbocycles. The first-order chi connectivity index (χ1) is 15.2. The van der Waals surface area contributed by atoms with E-state index in [0.29, 0.717) is 22.7 Å². The van der Waals surface area contributed by atoms with Gasteiger partial charge in [0.1, 0.15) is 17.3 Å². The van der Waals surface area contributed by atoms with Gasteiger partial charge in [-0.3, -0.25) is 0 Å². The van der Waals surface area contributed by atoms with Gasteiger partial charge in [-0.2, -0.15) is 5.10 Å². The zero-order valence-corrected chi connectivity index (χ0v) is 16.7. The van der Waals surface area contributed by atoms with Gasteiger partial charge in [0.25, 0.3) is 0 Å². The maximum atomic E-state index is 14.2. The molecule has 0 radical (unpaired) electrons. The predicted molar refractivity (Wildman–Crippen MR) is 116 cm³/mol. The Morgan fingerprint density at radius 2 is 1.74 bits per heavy atom. The Kier molecular flexibility index (Phi) is 4.84. The molecule has 0 saturated carbocycles. The van der Waals surface area contributed by atoms with Crippen molar-refractivity contribution in [3.05, 3.63) is 90.6 Å². The third-order valence-corrected chi connectivity index (χ3v) is 5.05. The highest BCUT2D eigenvalue weighted by Crippen LogP contribution is 2.27. The van der Waals surface area contributed by atoms with Crippen LogP contribution in [0, 0.1) is 5.82 Å². The van der Waals surface area contributed by atoms with Gasteiger partial charge in [0.2, 0.25) is 0 Å². The maximum Gasteiger partial charge on any atom is 0.180 e. The molecule has 0 unspecified atom stereocenters. The van der Waals surface area contributed by atoms with Gasteiger partial charge in [-0.25, -0.2) is 24.0 Å². The fourth-order valence-electron chi connectivity index (χ4n) is 3.47. The summed E-state index contributed by atoms with van der Waals surface area (Å²) in [4.78, 5) is 13.5. The summed E-state index contributed by atoms with van der Waals surface area (Å²) in [5, 5.41) is 5.48. The van der Waals surface area contributed by atoms with Gasteiger partial charge in [-0.05, 0) is 35.9 Å². The third kappa shape index (κ3) is 3.61. The fraction of sp³-hybridized carbons (Fsp3) is 0.0833. The molecule has 5 aromatic rings. The lowest BCUT2D eigenvalue weighted by molar-refractivity contribution is 0.415. The Bertz CT molecular complexity index is 1360. The predicted octanol–water partition coefficient (Wildman–Crippen LogP) is 4.75. The molecule has 3 heterocycles. The quantitative estimate of drug-likeness (QED) is 0.418. The lowest BCUT2D eigenvalue weighted by Crippen LogP contribution is -2.04. The van der Waals surface area contributed by atoms with E-state index in [0.717, 1.165) is 22.3 Å². The van der Waals surface area contributed by atoms with Crippen molar-refractivity contribution in [2.75, 3.05) is 7.11 Å². The van der Waals surface area contributed by atoms with Gasteiger partial charge >= 0.3 is 0 Å². The molecule has 0 saturated heterocycles. The number of methoxy groups -OCH3 is 1. The molecule has 152 valence electrons. The Labute approximate surface area is 178 Å².